The molecule has 0 bridgehead atoms. The molecule has 0 aliphatic carbocycles. The molecule has 0 amide bonds. The van der Waals surface area contributed by atoms with Crippen LogP contribution in [-0.2, 0) is 0 Å². The quantitative estimate of drug-likeness (QED) is 0.589. The monoisotopic (exact) mass is 127 g/mol. The standard InChI is InChI=1S/C7H13NO/c1-6(9)5-7-3-2-4-8-7/h6,9H,2-5H2,1H3. The summed E-state index contributed by atoms with van der Waals surface area (Å²) < 4.78 is 0. The highest BCUT2D eigenvalue weighted by Gasteiger charge is 2.07. The molecule has 0 fully saturated rings. The molecule has 0 saturated carbocycles. The Labute approximate surface area is 55.6 Å². The van der Waals surface area contributed by atoms with Crippen molar-refractivity contribution in [1.82, 2.24) is 0 Å². The van der Waals surface area contributed by atoms with Crippen LogP contribution in [0.3, 0.4) is 0 Å². The first-order chi connectivity index (χ1) is 4.29. The van der Waals surface area contributed by atoms with Crippen LogP contribution < -0.4 is 0 Å². The van der Waals surface area contributed by atoms with E-state index in [0.29, 0.717) is 0 Å². The Hall–Kier alpha value is -0.370. The Morgan fingerprint density at radius 3 is 3.00 bits per heavy atom. The second kappa shape index (κ2) is 2.97. The second-order valence-corrected chi connectivity index (χ2v) is 2.60. The number of hydrogen-bond donors (Lipinski definition) is 1. The van der Waals surface area contributed by atoms with Gasteiger partial charge in [0.15, 0.2) is 0 Å². The molecule has 0 aromatic heterocycles. The van der Waals surface area contributed by atoms with E-state index in [1.54, 1.807) is 6.92 Å². The first-order valence-corrected chi connectivity index (χ1v) is 3.49. The van der Waals surface area contributed by atoms with E-state index < -0.39 is 0 Å². The van der Waals surface area contributed by atoms with Gasteiger partial charge in [-0.25, -0.2) is 0 Å². The first-order valence-electron chi connectivity index (χ1n) is 3.49. The Bertz CT molecular complexity index is 118. The highest BCUT2D eigenvalue weighted by Crippen LogP contribution is 2.08. The SMILES string of the molecule is CC(O)CC1=NCCC1. The van der Waals surface area contributed by atoms with Crippen LogP contribution in [0.5, 0.6) is 0 Å². The summed E-state index contributed by atoms with van der Waals surface area (Å²) in [5, 5.41) is 8.93. The van der Waals surface area contributed by atoms with E-state index in [1.807, 2.05) is 0 Å². The van der Waals surface area contributed by atoms with Gasteiger partial charge < -0.3 is 5.11 Å². The van der Waals surface area contributed by atoms with Gasteiger partial charge in [-0.05, 0) is 19.8 Å². The summed E-state index contributed by atoms with van der Waals surface area (Å²) in [6, 6.07) is 0. The molecule has 0 aromatic carbocycles. The van der Waals surface area contributed by atoms with Gasteiger partial charge in [0, 0.05) is 18.7 Å². The van der Waals surface area contributed by atoms with E-state index in [0.717, 1.165) is 19.4 Å². The lowest BCUT2D eigenvalue weighted by atomic mass is 10.1. The molecule has 0 aromatic rings. The van der Waals surface area contributed by atoms with Crippen molar-refractivity contribution in [1.29, 1.82) is 0 Å². The van der Waals surface area contributed by atoms with Crippen molar-refractivity contribution >= 4 is 5.71 Å². The molecule has 0 spiro atoms. The molecule has 2 nitrogen and oxygen atoms in total. The van der Waals surface area contributed by atoms with Crippen LogP contribution in [-0.4, -0.2) is 23.5 Å². The third kappa shape index (κ3) is 2.14. The van der Waals surface area contributed by atoms with Crippen molar-refractivity contribution in [2.75, 3.05) is 6.54 Å². The number of aliphatic hydroxyl groups is 1. The Balaban J connectivity index is 2.26. The van der Waals surface area contributed by atoms with Crippen LogP contribution in [0.25, 0.3) is 0 Å². The van der Waals surface area contributed by atoms with Crippen molar-refractivity contribution in [3.05, 3.63) is 0 Å². The summed E-state index contributed by atoms with van der Waals surface area (Å²) in [6.07, 6.45) is 2.86. The fraction of sp³-hybridized carbons (Fsp3) is 0.857. The largest absolute Gasteiger partial charge is 0.393 e. The number of nitrogens with zero attached hydrogens (tertiary/aromatic N) is 1. The number of aliphatic imine (C=N–C) groups is 1. The molecular formula is C7H13NO. The molecule has 1 N–H and O–H groups in total. The third-order valence-electron chi connectivity index (χ3n) is 1.49. The van der Waals surface area contributed by atoms with E-state index in [-0.39, 0.29) is 6.10 Å². The molecule has 1 atom stereocenters. The van der Waals surface area contributed by atoms with Gasteiger partial charge in [0.05, 0.1) is 6.10 Å². The molecule has 0 radical (unpaired) electrons. The van der Waals surface area contributed by atoms with Crippen molar-refractivity contribution in [2.24, 2.45) is 4.99 Å². The van der Waals surface area contributed by atoms with Gasteiger partial charge in [0.2, 0.25) is 0 Å². The highest BCUT2D eigenvalue weighted by molar-refractivity contribution is 5.86. The van der Waals surface area contributed by atoms with E-state index in [2.05, 4.69) is 4.99 Å². The van der Waals surface area contributed by atoms with Crippen LogP contribution in [0.2, 0.25) is 0 Å². The Kier molecular flexibility index (Phi) is 2.22. The summed E-state index contributed by atoms with van der Waals surface area (Å²) in [4.78, 5) is 4.23. The lowest BCUT2D eigenvalue weighted by Crippen LogP contribution is -2.06. The summed E-state index contributed by atoms with van der Waals surface area (Å²) in [6.45, 7) is 2.78. The van der Waals surface area contributed by atoms with Crippen LogP contribution >= 0.6 is 0 Å². The molecular weight excluding hydrogens is 114 g/mol. The van der Waals surface area contributed by atoms with Gasteiger partial charge in [-0.15, -0.1) is 0 Å². The second-order valence-electron chi connectivity index (χ2n) is 2.60. The Morgan fingerprint density at radius 1 is 1.78 bits per heavy atom. The molecule has 0 saturated heterocycles. The van der Waals surface area contributed by atoms with E-state index >= 15 is 0 Å². The molecule has 1 aliphatic heterocycles. The maximum absolute atomic E-state index is 8.93. The van der Waals surface area contributed by atoms with Crippen LogP contribution in [0.1, 0.15) is 26.2 Å². The first kappa shape index (κ1) is 6.75. The summed E-state index contributed by atoms with van der Waals surface area (Å²) >= 11 is 0. The average molecular weight is 127 g/mol. The molecule has 1 unspecified atom stereocenters. The minimum Gasteiger partial charge on any atom is -0.393 e. The zero-order chi connectivity index (χ0) is 6.69. The van der Waals surface area contributed by atoms with Crippen molar-refractivity contribution < 1.29 is 5.11 Å². The molecule has 1 aliphatic rings. The predicted octanol–water partition coefficient (Wildman–Crippen LogP) is 0.992. The van der Waals surface area contributed by atoms with Gasteiger partial charge >= 0.3 is 0 Å². The molecule has 52 valence electrons. The van der Waals surface area contributed by atoms with Crippen LogP contribution in [0, 0.1) is 0 Å². The molecule has 1 rings (SSSR count). The van der Waals surface area contributed by atoms with E-state index in [1.165, 1.54) is 12.1 Å². The summed E-state index contributed by atoms with van der Waals surface area (Å²) in [5.41, 5.74) is 1.20. The zero-order valence-corrected chi connectivity index (χ0v) is 5.80. The average Bonchev–Trinajstić information content (AvgIpc) is 2.15. The van der Waals surface area contributed by atoms with Gasteiger partial charge in [0.1, 0.15) is 0 Å². The third-order valence-corrected chi connectivity index (χ3v) is 1.49. The Morgan fingerprint density at radius 2 is 2.56 bits per heavy atom. The number of aliphatic hydroxyl groups excluding tert-OH is 1. The topological polar surface area (TPSA) is 32.6 Å². The van der Waals surface area contributed by atoms with Gasteiger partial charge in [-0.2, -0.15) is 0 Å². The molecule has 2 heteroatoms. The minimum atomic E-state index is -0.207. The summed E-state index contributed by atoms with van der Waals surface area (Å²) in [7, 11) is 0. The lowest BCUT2D eigenvalue weighted by Gasteiger charge is -2.01. The molecule has 9 heavy (non-hydrogen) atoms. The van der Waals surface area contributed by atoms with Crippen LogP contribution in [0.15, 0.2) is 4.99 Å². The van der Waals surface area contributed by atoms with E-state index in [4.69, 9.17) is 5.11 Å². The minimum absolute atomic E-state index is 0.207. The summed E-state index contributed by atoms with van der Waals surface area (Å²) in [5.74, 6) is 0. The lowest BCUT2D eigenvalue weighted by molar-refractivity contribution is 0.203. The number of hydrogen-bond acceptors (Lipinski definition) is 2. The maximum atomic E-state index is 8.93. The predicted molar refractivity (Wildman–Crippen MR) is 37.8 cm³/mol. The van der Waals surface area contributed by atoms with Gasteiger partial charge in [-0.1, -0.05) is 0 Å². The fourth-order valence-electron chi connectivity index (χ4n) is 1.11. The maximum Gasteiger partial charge on any atom is 0.0564 e. The highest BCUT2D eigenvalue weighted by atomic mass is 16.3. The van der Waals surface area contributed by atoms with Gasteiger partial charge in [-0.3, -0.25) is 4.99 Å². The van der Waals surface area contributed by atoms with Gasteiger partial charge in [0.25, 0.3) is 0 Å². The van der Waals surface area contributed by atoms with Crippen molar-refractivity contribution in [3.63, 3.8) is 0 Å². The van der Waals surface area contributed by atoms with Crippen molar-refractivity contribution in [3.8, 4) is 0 Å². The van der Waals surface area contributed by atoms with E-state index in [9.17, 15) is 0 Å². The fourth-order valence-corrected chi connectivity index (χ4v) is 1.11. The van der Waals surface area contributed by atoms with Crippen molar-refractivity contribution in [2.45, 2.75) is 32.3 Å². The smallest absolute Gasteiger partial charge is 0.0564 e. The zero-order valence-electron chi connectivity index (χ0n) is 5.80. The normalized spacial score (nSPS) is 21.8. The van der Waals surface area contributed by atoms with Crippen LogP contribution in [0.4, 0.5) is 0 Å². The molecule has 1 heterocycles. The number of rotatable bonds is 2.